The van der Waals surface area contributed by atoms with Crippen LogP contribution in [0, 0.1) is 5.92 Å². The number of nitrogens with one attached hydrogen (secondary N) is 1. The van der Waals surface area contributed by atoms with Gasteiger partial charge in [0.05, 0.1) is 12.6 Å². The molecule has 3 nitrogen and oxygen atoms in total. The maximum absolute atomic E-state index is 12.4. The molecule has 2 aromatic rings. The second kappa shape index (κ2) is 8.48. The molecule has 1 heterocycles. The first-order valence-corrected chi connectivity index (χ1v) is 8.98. The number of rotatable bonds is 7. The van der Waals surface area contributed by atoms with E-state index in [1.54, 1.807) is 11.3 Å². The van der Waals surface area contributed by atoms with Gasteiger partial charge in [0.2, 0.25) is 5.91 Å². The summed E-state index contributed by atoms with van der Waals surface area (Å²) in [5, 5.41) is 5.92. The van der Waals surface area contributed by atoms with Gasteiger partial charge in [0.15, 0.2) is 0 Å². The molecule has 2 rings (SSSR count). The smallest absolute Gasteiger partial charge is 0.234 e. The first-order chi connectivity index (χ1) is 11.0. The summed E-state index contributed by atoms with van der Waals surface area (Å²) in [5.74, 6) is 0.387. The number of hydrogen-bond acceptors (Lipinski definition) is 3. The van der Waals surface area contributed by atoms with Crippen LogP contribution in [0.1, 0.15) is 30.3 Å². The zero-order valence-corrected chi connectivity index (χ0v) is 15.3. The summed E-state index contributed by atoms with van der Waals surface area (Å²) in [7, 11) is 1.93. The Bertz CT molecular complexity index is 628. The minimum Gasteiger partial charge on any atom is -0.347 e. The van der Waals surface area contributed by atoms with E-state index in [1.807, 2.05) is 47.7 Å². The Morgan fingerprint density at radius 3 is 2.61 bits per heavy atom. The van der Waals surface area contributed by atoms with Crippen molar-refractivity contribution in [2.45, 2.75) is 26.4 Å². The maximum atomic E-state index is 12.4. The molecule has 0 aliphatic heterocycles. The van der Waals surface area contributed by atoms with Crippen molar-refractivity contribution in [1.29, 1.82) is 0 Å². The fraction of sp³-hybridized carbons (Fsp3) is 0.389. The molecule has 1 amide bonds. The average molecular weight is 351 g/mol. The zero-order valence-electron chi connectivity index (χ0n) is 13.8. The third kappa shape index (κ3) is 5.34. The van der Waals surface area contributed by atoms with Crippen molar-refractivity contribution in [3.63, 3.8) is 0 Å². The Morgan fingerprint density at radius 1 is 1.26 bits per heavy atom. The van der Waals surface area contributed by atoms with E-state index in [1.165, 1.54) is 4.88 Å². The van der Waals surface area contributed by atoms with E-state index >= 15 is 0 Å². The van der Waals surface area contributed by atoms with Crippen molar-refractivity contribution < 1.29 is 4.79 Å². The van der Waals surface area contributed by atoms with Crippen LogP contribution < -0.4 is 5.32 Å². The molecule has 0 aliphatic rings. The minimum absolute atomic E-state index is 0.0339. The topological polar surface area (TPSA) is 32.3 Å². The molecule has 23 heavy (non-hydrogen) atoms. The molecule has 1 aromatic carbocycles. The average Bonchev–Trinajstić information content (AvgIpc) is 3.00. The normalized spacial score (nSPS) is 12.6. The number of thiophene rings is 1. The number of nitrogens with zero attached hydrogens (tertiary/aromatic N) is 1. The lowest BCUT2D eigenvalue weighted by molar-refractivity contribution is -0.123. The van der Waals surface area contributed by atoms with Gasteiger partial charge in [-0.25, -0.2) is 0 Å². The Hall–Kier alpha value is -1.36. The number of carbonyl (C=O) groups is 1. The van der Waals surface area contributed by atoms with Gasteiger partial charge in [0.1, 0.15) is 0 Å². The summed E-state index contributed by atoms with van der Waals surface area (Å²) in [6, 6.07) is 11.9. The second-order valence-electron chi connectivity index (χ2n) is 6.07. The van der Waals surface area contributed by atoms with Gasteiger partial charge in [-0.2, -0.15) is 0 Å². The van der Waals surface area contributed by atoms with Gasteiger partial charge >= 0.3 is 0 Å². The van der Waals surface area contributed by atoms with Crippen LogP contribution in [-0.4, -0.2) is 24.4 Å². The predicted octanol–water partition coefficient (Wildman–Crippen LogP) is 4.35. The van der Waals surface area contributed by atoms with Gasteiger partial charge in [-0.05, 0) is 36.0 Å². The Labute approximate surface area is 147 Å². The number of benzene rings is 1. The third-order valence-corrected chi connectivity index (χ3v) is 4.97. The first-order valence-electron chi connectivity index (χ1n) is 7.72. The standard InChI is InChI=1S/C18H23ClN2OS/c1-13(2)18(16-9-6-10-23-16)20-17(22)12-21(3)11-14-7-4-5-8-15(14)19/h4-10,13,18H,11-12H2,1-3H3,(H,20,22)/t18-/m0/s1. The largest absolute Gasteiger partial charge is 0.347 e. The van der Waals surface area contributed by atoms with Gasteiger partial charge in [-0.3, -0.25) is 9.69 Å². The second-order valence-corrected chi connectivity index (χ2v) is 7.45. The summed E-state index contributed by atoms with van der Waals surface area (Å²) < 4.78 is 0. The third-order valence-electron chi connectivity index (χ3n) is 3.64. The van der Waals surface area contributed by atoms with E-state index in [-0.39, 0.29) is 11.9 Å². The number of hydrogen-bond donors (Lipinski definition) is 1. The fourth-order valence-corrected chi connectivity index (χ4v) is 3.62. The molecule has 0 aliphatic carbocycles. The molecular formula is C18H23ClN2OS. The molecule has 0 saturated heterocycles. The number of amides is 1. The summed E-state index contributed by atoms with van der Waals surface area (Å²) >= 11 is 7.85. The monoisotopic (exact) mass is 350 g/mol. The van der Waals surface area contributed by atoms with Crippen LogP contribution in [0.3, 0.4) is 0 Å². The lowest BCUT2D eigenvalue weighted by Gasteiger charge is -2.23. The molecule has 0 bridgehead atoms. The van der Waals surface area contributed by atoms with Crippen LogP contribution in [0.25, 0.3) is 0 Å². The number of halogens is 1. The first kappa shape index (κ1) is 18.0. The minimum atomic E-state index is 0.0339. The molecular weight excluding hydrogens is 328 g/mol. The van der Waals surface area contributed by atoms with Crippen LogP contribution in [-0.2, 0) is 11.3 Å². The highest BCUT2D eigenvalue weighted by Gasteiger charge is 2.20. The molecule has 0 radical (unpaired) electrons. The molecule has 1 N–H and O–H groups in total. The van der Waals surface area contributed by atoms with Crippen molar-refractivity contribution in [3.8, 4) is 0 Å². The summed E-state index contributed by atoms with van der Waals surface area (Å²) in [6.07, 6.45) is 0. The Balaban J connectivity index is 1.92. The number of likely N-dealkylation sites (N-methyl/N-ethyl adjacent to an activating group) is 1. The maximum Gasteiger partial charge on any atom is 0.234 e. The predicted molar refractivity (Wildman–Crippen MR) is 97.8 cm³/mol. The molecule has 0 fully saturated rings. The highest BCUT2D eigenvalue weighted by molar-refractivity contribution is 7.10. The van der Waals surface area contributed by atoms with E-state index in [0.29, 0.717) is 19.0 Å². The van der Waals surface area contributed by atoms with Crippen LogP contribution in [0.15, 0.2) is 41.8 Å². The van der Waals surface area contributed by atoms with Gasteiger partial charge in [0.25, 0.3) is 0 Å². The van der Waals surface area contributed by atoms with Crippen LogP contribution in [0.2, 0.25) is 5.02 Å². The summed E-state index contributed by atoms with van der Waals surface area (Å²) in [6.45, 7) is 5.24. The van der Waals surface area contributed by atoms with Crippen molar-refractivity contribution in [1.82, 2.24) is 10.2 Å². The molecule has 5 heteroatoms. The van der Waals surface area contributed by atoms with Crippen molar-refractivity contribution in [3.05, 3.63) is 57.2 Å². The van der Waals surface area contributed by atoms with Crippen molar-refractivity contribution in [2.75, 3.05) is 13.6 Å². The van der Waals surface area contributed by atoms with Gasteiger partial charge in [-0.1, -0.05) is 49.7 Å². The highest BCUT2D eigenvalue weighted by atomic mass is 35.5. The van der Waals surface area contributed by atoms with Crippen LogP contribution >= 0.6 is 22.9 Å². The molecule has 124 valence electrons. The summed E-state index contributed by atoms with van der Waals surface area (Å²) in [4.78, 5) is 15.5. The van der Waals surface area contributed by atoms with E-state index in [9.17, 15) is 4.79 Å². The molecule has 1 aromatic heterocycles. The molecule has 0 spiro atoms. The quantitative estimate of drug-likeness (QED) is 0.805. The van der Waals surface area contributed by atoms with E-state index in [2.05, 4.69) is 25.2 Å². The molecule has 0 saturated carbocycles. The summed E-state index contributed by atoms with van der Waals surface area (Å²) in [5.41, 5.74) is 1.03. The number of carbonyl (C=O) groups excluding carboxylic acids is 1. The Kier molecular flexibility index (Phi) is 6.63. The SMILES string of the molecule is CC(C)[C@H](NC(=O)CN(C)Cc1ccccc1Cl)c1cccs1. The van der Waals surface area contributed by atoms with Gasteiger partial charge in [-0.15, -0.1) is 11.3 Å². The zero-order chi connectivity index (χ0) is 16.8. The van der Waals surface area contributed by atoms with Crippen molar-refractivity contribution >= 4 is 28.8 Å². The van der Waals surface area contributed by atoms with Crippen LogP contribution in [0.5, 0.6) is 0 Å². The molecule has 1 atom stereocenters. The van der Waals surface area contributed by atoms with E-state index in [4.69, 9.17) is 11.6 Å². The van der Waals surface area contributed by atoms with Crippen LogP contribution in [0.4, 0.5) is 0 Å². The highest BCUT2D eigenvalue weighted by Crippen LogP contribution is 2.25. The van der Waals surface area contributed by atoms with Crippen molar-refractivity contribution in [2.24, 2.45) is 5.92 Å². The van der Waals surface area contributed by atoms with Gasteiger partial charge in [0, 0.05) is 16.4 Å². The van der Waals surface area contributed by atoms with E-state index < -0.39 is 0 Å². The lowest BCUT2D eigenvalue weighted by atomic mass is 10.0. The molecule has 0 unspecified atom stereocenters. The van der Waals surface area contributed by atoms with E-state index in [0.717, 1.165) is 10.6 Å². The Morgan fingerprint density at radius 2 is 2.00 bits per heavy atom. The fourth-order valence-electron chi connectivity index (χ4n) is 2.47. The van der Waals surface area contributed by atoms with Gasteiger partial charge < -0.3 is 5.32 Å². The lowest BCUT2D eigenvalue weighted by Crippen LogP contribution is -2.38.